The molecule has 1 atom stereocenters. The maximum absolute atomic E-state index is 12.2. The monoisotopic (exact) mass is 327 g/mol. The van der Waals surface area contributed by atoms with E-state index in [2.05, 4.69) is 10.2 Å². The first-order chi connectivity index (χ1) is 10.2. The summed E-state index contributed by atoms with van der Waals surface area (Å²) in [6.45, 7) is 5.46. The normalized spacial score (nSPS) is 18.3. The first kappa shape index (κ1) is 16.3. The van der Waals surface area contributed by atoms with Crippen molar-refractivity contribution in [3.05, 3.63) is 10.0 Å². The third-order valence-corrected chi connectivity index (χ3v) is 4.01. The Morgan fingerprint density at radius 1 is 1.32 bits per heavy atom. The van der Waals surface area contributed by atoms with Crippen LogP contribution in [-0.4, -0.2) is 50.2 Å². The predicted octanol–water partition coefficient (Wildman–Crippen LogP) is 1.24. The number of likely N-dealkylation sites (tertiary alicyclic amines) is 1. The SMILES string of the molecule is CC(C)(C)OC(=O)C(=O)N1CCC[C@H]1c1nnc(C(=O)O)s1. The molecule has 9 heteroatoms. The van der Waals surface area contributed by atoms with Crippen LogP contribution in [0.1, 0.15) is 54.5 Å². The summed E-state index contributed by atoms with van der Waals surface area (Å²) < 4.78 is 5.08. The maximum Gasteiger partial charge on any atom is 0.397 e. The Kier molecular flexibility index (Phi) is 4.45. The zero-order valence-corrected chi connectivity index (χ0v) is 13.3. The van der Waals surface area contributed by atoms with Crippen LogP contribution >= 0.6 is 11.3 Å². The number of ether oxygens (including phenoxy) is 1. The number of esters is 1. The highest BCUT2D eigenvalue weighted by Crippen LogP contribution is 2.33. The van der Waals surface area contributed by atoms with E-state index in [1.165, 1.54) is 4.90 Å². The van der Waals surface area contributed by atoms with Crippen molar-refractivity contribution in [3.63, 3.8) is 0 Å². The smallest absolute Gasteiger partial charge is 0.397 e. The maximum atomic E-state index is 12.2. The predicted molar refractivity (Wildman–Crippen MR) is 76.4 cm³/mol. The Morgan fingerprint density at radius 3 is 2.55 bits per heavy atom. The lowest BCUT2D eigenvalue weighted by atomic mass is 10.2. The van der Waals surface area contributed by atoms with E-state index in [0.29, 0.717) is 24.4 Å². The number of nitrogens with zero attached hydrogens (tertiary/aromatic N) is 3. The number of rotatable bonds is 2. The van der Waals surface area contributed by atoms with Crippen molar-refractivity contribution in [2.45, 2.75) is 45.3 Å². The van der Waals surface area contributed by atoms with Crippen LogP contribution < -0.4 is 0 Å². The molecule has 0 spiro atoms. The van der Waals surface area contributed by atoms with Crippen molar-refractivity contribution < 1.29 is 24.2 Å². The lowest BCUT2D eigenvalue weighted by molar-refractivity contribution is -0.168. The Balaban J connectivity index is 2.14. The van der Waals surface area contributed by atoms with E-state index in [1.54, 1.807) is 20.8 Å². The van der Waals surface area contributed by atoms with Gasteiger partial charge < -0.3 is 14.7 Å². The largest absolute Gasteiger partial charge is 0.476 e. The molecule has 0 aromatic carbocycles. The zero-order chi connectivity index (χ0) is 16.5. The second-order valence-corrected chi connectivity index (χ2v) is 6.92. The molecule has 1 aromatic rings. The molecule has 22 heavy (non-hydrogen) atoms. The van der Waals surface area contributed by atoms with Crippen molar-refractivity contribution in [2.24, 2.45) is 0 Å². The second-order valence-electron chi connectivity index (χ2n) is 5.91. The fourth-order valence-corrected chi connectivity index (χ4v) is 2.99. The molecule has 120 valence electrons. The van der Waals surface area contributed by atoms with Gasteiger partial charge in [0.15, 0.2) is 0 Å². The van der Waals surface area contributed by atoms with Gasteiger partial charge in [-0.1, -0.05) is 11.3 Å². The highest BCUT2D eigenvalue weighted by atomic mass is 32.1. The Morgan fingerprint density at radius 2 is 2.00 bits per heavy atom. The summed E-state index contributed by atoms with van der Waals surface area (Å²) >= 11 is 0.916. The number of aromatic nitrogens is 2. The molecule has 2 heterocycles. The Bertz CT molecular complexity index is 607. The van der Waals surface area contributed by atoms with Crippen LogP contribution in [0.3, 0.4) is 0 Å². The number of hydrogen-bond donors (Lipinski definition) is 1. The number of carbonyl (C=O) groups is 3. The summed E-state index contributed by atoms with van der Waals surface area (Å²) in [6, 6.07) is -0.425. The first-order valence-electron chi connectivity index (χ1n) is 6.79. The number of carboxylic acids is 1. The molecule has 1 aliphatic heterocycles. The molecular weight excluding hydrogens is 310 g/mol. The quantitative estimate of drug-likeness (QED) is 0.643. The minimum atomic E-state index is -1.16. The Hall–Kier alpha value is -2.03. The van der Waals surface area contributed by atoms with Gasteiger partial charge >= 0.3 is 17.8 Å². The van der Waals surface area contributed by atoms with Gasteiger partial charge in [-0.3, -0.25) is 4.79 Å². The van der Waals surface area contributed by atoms with E-state index in [0.717, 1.165) is 11.3 Å². The molecule has 1 fully saturated rings. The fraction of sp³-hybridized carbons (Fsp3) is 0.615. The number of aromatic carboxylic acids is 1. The van der Waals surface area contributed by atoms with Crippen LogP contribution in [-0.2, 0) is 14.3 Å². The molecule has 1 amide bonds. The minimum Gasteiger partial charge on any atom is -0.476 e. The fourth-order valence-electron chi connectivity index (χ4n) is 2.16. The third kappa shape index (κ3) is 3.59. The molecule has 8 nitrogen and oxygen atoms in total. The van der Waals surface area contributed by atoms with Gasteiger partial charge in [0.1, 0.15) is 10.6 Å². The second kappa shape index (κ2) is 5.99. The van der Waals surface area contributed by atoms with E-state index in [4.69, 9.17) is 9.84 Å². The standard InChI is InChI=1S/C13H17N3O5S/c1-13(2,3)21-12(20)10(17)16-6-4-5-7(16)8-14-15-9(22-8)11(18)19/h7H,4-6H2,1-3H3,(H,18,19)/t7-/m0/s1. The summed E-state index contributed by atoms with van der Waals surface area (Å²) in [5.41, 5.74) is -0.749. The van der Waals surface area contributed by atoms with Crippen LogP contribution in [0.25, 0.3) is 0 Å². The molecule has 0 aliphatic carbocycles. The zero-order valence-electron chi connectivity index (χ0n) is 12.5. The van der Waals surface area contributed by atoms with Gasteiger partial charge in [0.2, 0.25) is 5.01 Å². The van der Waals surface area contributed by atoms with Crippen molar-refractivity contribution in [1.29, 1.82) is 0 Å². The van der Waals surface area contributed by atoms with E-state index in [1.807, 2.05) is 0 Å². The molecular formula is C13H17N3O5S. The van der Waals surface area contributed by atoms with Gasteiger partial charge in [-0.25, -0.2) is 9.59 Å². The highest BCUT2D eigenvalue weighted by molar-refractivity contribution is 7.13. The van der Waals surface area contributed by atoms with Crippen molar-refractivity contribution in [1.82, 2.24) is 15.1 Å². The van der Waals surface area contributed by atoms with Gasteiger partial charge in [0, 0.05) is 6.54 Å². The lowest BCUT2D eigenvalue weighted by Crippen LogP contribution is -2.40. The van der Waals surface area contributed by atoms with Crippen molar-refractivity contribution in [2.75, 3.05) is 6.54 Å². The number of carboxylic acid groups (broad SMARTS) is 1. The third-order valence-electron chi connectivity index (χ3n) is 3.00. The molecule has 1 aromatic heterocycles. The van der Waals surface area contributed by atoms with E-state index in [9.17, 15) is 14.4 Å². The average molecular weight is 327 g/mol. The summed E-state index contributed by atoms with van der Waals surface area (Å²) in [6.07, 6.45) is 1.32. The van der Waals surface area contributed by atoms with Gasteiger partial charge in [-0.05, 0) is 33.6 Å². The molecule has 0 bridgehead atoms. The molecule has 0 saturated carbocycles. The Labute approximate surface area is 131 Å². The minimum absolute atomic E-state index is 0.133. The molecule has 0 unspecified atom stereocenters. The van der Waals surface area contributed by atoms with Gasteiger partial charge in [-0.2, -0.15) is 0 Å². The van der Waals surface area contributed by atoms with Crippen LogP contribution in [0.5, 0.6) is 0 Å². The van der Waals surface area contributed by atoms with Crippen LogP contribution in [0.2, 0.25) is 0 Å². The topological polar surface area (TPSA) is 110 Å². The van der Waals surface area contributed by atoms with Gasteiger partial charge in [-0.15, -0.1) is 10.2 Å². The first-order valence-corrected chi connectivity index (χ1v) is 7.61. The molecule has 1 aliphatic rings. The van der Waals surface area contributed by atoms with Gasteiger partial charge in [0.25, 0.3) is 0 Å². The lowest BCUT2D eigenvalue weighted by Gasteiger charge is -2.24. The summed E-state index contributed by atoms with van der Waals surface area (Å²) in [5, 5.41) is 16.6. The number of hydrogen-bond acceptors (Lipinski definition) is 7. The molecule has 2 rings (SSSR count). The summed E-state index contributed by atoms with van der Waals surface area (Å²) in [5.74, 6) is -2.81. The summed E-state index contributed by atoms with van der Waals surface area (Å²) in [7, 11) is 0. The van der Waals surface area contributed by atoms with Crippen molar-refractivity contribution >= 4 is 29.2 Å². The van der Waals surface area contributed by atoms with E-state index < -0.39 is 29.5 Å². The van der Waals surface area contributed by atoms with Gasteiger partial charge in [0.05, 0.1) is 6.04 Å². The van der Waals surface area contributed by atoms with E-state index >= 15 is 0 Å². The summed E-state index contributed by atoms with van der Waals surface area (Å²) in [4.78, 5) is 36.4. The van der Waals surface area contributed by atoms with Crippen LogP contribution in [0.15, 0.2) is 0 Å². The van der Waals surface area contributed by atoms with Crippen LogP contribution in [0.4, 0.5) is 0 Å². The molecule has 1 saturated heterocycles. The number of carbonyl (C=O) groups excluding carboxylic acids is 2. The van der Waals surface area contributed by atoms with E-state index in [-0.39, 0.29) is 5.01 Å². The number of amides is 1. The van der Waals surface area contributed by atoms with Crippen molar-refractivity contribution in [3.8, 4) is 0 Å². The average Bonchev–Trinajstić information content (AvgIpc) is 3.04. The van der Waals surface area contributed by atoms with Crippen LogP contribution in [0, 0.1) is 0 Å². The molecule has 1 N–H and O–H groups in total. The molecule has 0 radical (unpaired) electrons. The highest BCUT2D eigenvalue weighted by Gasteiger charge is 2.37.